The summed E-state index contributed by atoms with van der Waals surface area (Å²) in [7, 11) is 0. The average Bonchev–Trinajstić information content (AvgIpc) is 2.82. The van der Waals surface area contributed by atoms with Crippen molar-refractivity contribution in [2.24, 2.45) is 0 Å². The normalized spacial score (nSPS) is 14.6. The van der Waals surface area contributed by atoms with Gasteiger partial charge in [0, 0.05) is 34.2 Å². The molecule has 0 aliphatic carbocycles. The zero-order valence-corrected chi connectivity index (χ0v) is 19.7. The lowest BCUT2D eigenvalue weighted by atomic mass is 9.94. The third kappa shape index (κ3) is 4.49. The molecule has 0 radical (unpaired) electrons. The molecule has 0 bridgehead atoms. The molecule has 0 amide bonds. The molecule has 7 nitrogen and oxygen atoms in total. The zero-order valence-electron chi connectivity index (χ0n) is 19.7. The van der Waals surface area contributed by atoms with E-state index in [4.69, 9.17) is 4.74 Å². The molecule has 1 atom stereocenters. The third-order valence-electron chi connectivity index (χ3n) is 6.38. The molecule has 1 fully saturated rings. The minimum Gasteiger partial charge on any atom is -0.478 e. The van der Waals surface area contributed by atoms with Gasteiger partial charge in [-0.15, -0.1) is 0 Å². The number of carbonyl (C=O) groups is 1. The summed E-state index contributed by atoms with van der Waals surface area (Å²) in [6.45, 7) is 4.83. The molecule has 2 N–H and O–H groups in total. The highest BCUT2D eigenvalue weighted by molar-refractivity contribution is 5.94. The molecule has 0 spiro atoms. The van der Waals surface area contributed by atoms with Gasteiger partial charge in [-0.1, -0.05) is 18.2 Å². The number of fused-ring (bicyclic) bond motifs is 1. The second kappa shape index (κ2) is 9.58. The fraction of sp³-hybridized carbons (Fsp3) is 0.259. The number of rotatable bonds is 7. The second-order valence-corrected chi connectivity index (χ2v) is 8.96. The first-order valence-electron chi connectivity index (χ1n) is 11.5. The summed E-state index contributed by atoms with van der Waals surface area (Å²) in [4.78, 5) is 16.0. The Bertz CT molecular complexity index is 1460. The minimum absolute atomic E-state index is 0.0950. The van der Waals surface area contributed by atoms with Crippen molar-refractivity contribution < 1.29 is 23.4 Å². The van der Waals surface area contributed by atoms with Crippen LogP contribution in [0.3, 0.4) is 0 Å². The maximum atomic E-state index is 14.2. The number of pyridine rings is 1. The van der Waals surface area contributed by atoms with Crippen LogP contribution < -0.4 is 5.32 Å². The number of carboxylic acid groups (broad SMARTS) is 1. The number of carboxylic acids is 1. The standard InChI is InChI=1S/C27H24F2N4O3/c1-14-7-19(15(2)31-22-6-4-3-5-18(22)27(34)35)21-10-20(25(26(28)29)32-24(21)8-14)16-9-23(33-30-11-16)17-12-36-13-17/h3-11,15,17,26,31H,12-13H2,1-2H3,(H,34,35). The number of aromatic carboxylic acids is 1. The summed E-state index contributed by atoms with van der Waals surface area (Å²) >= 11 is 0. The number of hydrogen-bond acceptors (Lipinski definition) is 6. The number of benzene rings is 2. The van der Waals surface area contributed by atoms with Gasteiger partial charge in [0.2, 0.25) is 0 Å². The quantitative estimate of drug-likeness (QED) is 0.332. The largest absolute Gasteiger partial charge is 0.478 e. The van der Waals surface area contributed by atoms with E-state index in [0.29, 0.717) is 41.1 Å². The molecule has 1 saturated heterocycles. The number of para-hydroxylation sites is 1. The van der Waals surface area contributed by atoms with Gasteiger partial charge in [-0.2, -0.15) is 10.2 Å². The molecule has 1 unspecified atom stereocenters. The van der Waals surface area contributed by atoms with E-state index in [1.807, 2.05) is 19.9 Å². The number of aromatic nitrogens is 3. The van der Waals surface area contributed by atoms with Gasteiger partial charge in [0.1, 0.15) is 5.69 Å². The zero-order chi connectivity index (χ0) is 25.4. The molecule has 5 rings (SSSR count). The topological polar surface area (TPSA) is 97.2 Å². The van der Waals surface area contributed by atoms with Crippen LogP contribution in [0, 0.1) is 6.92 Å². The first kappa shape index (κ1) is 23.7. The number of aryl methyl sites for hydroxylation is 1. The van der Waals surface area contributed by atoms with Crippen molar-refractivity contribution in [3.05, 3.63) is 82.8 Å². The Kier molecular flexibility index (Phi) is 6.32. The number of nitrogens with zero attached hydrogens (tertiary/aromatic N) is 3. The predicted molar refractivity (Wildman–Crippen MR) is 131 cm³/mol. The fourth-order valence-electron chi connectivity index (χ4n) is 4.46. The summed E-state index contributed by atoms with van der Waals surface area (Å²) in [6, 6.07) is 13.5. The fourth-order valence-corrected chi connectivity index (χ4v) is 4.46. The van der Waals surface area contributed by atoms with E-state index in [1.165, 1.54) is 12.3 Å². The SMILES string of the molecule is Cc1cc(C(C)Nc2ccccc2C(=O)O)c2cc(-c3cnnc(C4COC4)c3)c(C(F)F)nc2c1. The smallest absolute Gasteiger partial charge is 0.337 e. The van der Waals surface area contributed by atoms with Crippen molar-refractivity contribution in [1.29, 1.82) is 0 Å². The van der Waals surface area contributed by atoms with E-state index in [2.05, 4.69) is 20.5 Å². The summed E-state index contributed by atoms with van der Waals surface area (Å²) in [5.74, 6) is -0.944. The van der Waals surface area contributed by atoms with Crippen LogP contribution in [0.1, 0.15) is 58.2 Å². The highest BCUT2D eigenvalue weighted by Gasteiger charge is 2.25. The molecule has 1 aliphatic rings. The van der Waals surface area contributed by atoms with Crippen molar-refractivity contribution >= 4 is 22.6 Å². The van der Waals surface area contributed by atoms with Crippen molar-refractivity contribution in [3.8, 4) is 11.1 Å². The second-order valence-electron chi connectivity index (χ2n) is 8.96. The molecular weight excluding hydrogens is 466 g/mol. The minimum atomic E-state index is -2.78. The van der Waals surface area contributed by atoms with Gasteiger partial charge in [-0.3, -0.25) is 0 Å². The van der Waals surface area contributed by atoms with Gasteiger partial charge in [-0.05, 0) is 55.3 Å². The highest BCUT2D eigenvalue weighted by atomic mass is 19.3. The Hall–Kier alpha value is -3.98. The van der Waals surface area contributed by atoms with Crippen LogP contribution >= 0.6 is 0 Å². The molecule has 36 heavy (non-hydrogen) atoms. The lowest BCUT2D eigenvalue weighted by molar-refractivity contribution is 0.00638. The maximum absolute atomic E-state index is 14.2. The molecule has 4 aromatic rings. The van der Waals surface area contributed by atoms with Gasteiger partial charge in [0.05, 0.1) is 36.2 Å². The number of hydrogen-bond donors (Lipinski definition) is 2. The van der Waals surface area contributed by atoms with Crippen LogP contribution in [0.15, 0.2) is 54.7 Å². The van der Waals surface area contributed by atoms with Crippen LogP contribution in [0.25, 0.3) is 22.0 Å². The summed E-state index contributed by atoms with van der Waals surface area (Å²) in [6.07, 6.45) is -1.31. The monoisotopic (exact) mass is 490 g/mol. The van der Waals surface area contributed by atoms with E-state index in [9.17, 15) is 18.7 Å². The van der Waals surface area contributed by atoms with Crippen molar-refractivity contribution in [2.45, 2.75) is 32.2 Å². The van der Waals surface area contributed by atoms with E-state index in [1.54, 1.807) is 36.4 Å². The van der Waals surface area contributed by atoms with Crippen molar-refractivity contribution in [3.63, 3.8) is 0 Å². The van der Waals surface area contributed by atoms with E-state index < -0.39 is 12.4 Å². The first-order chi connectivity index (χ1) is 17.3. The van der Waals surface area contributed by atoms with Gasteiger partial charge >= 0.3 is 5.97 Å². The van der Waals surface area contributed by atoms with E-state index >= 15 is 0 Å². The van der Waals surface area contributed by atoms with Gasteiger partial charge in [0.25, 0.3) is 6.43 Å². The van der Waals surface area contributed by atoms with Gasteiger partial charge in [-0.25, -0.2) is 18.6 Å². The van der Waals surface area contributed by atoms with Crippen LogP contribution in [0.4, 0.5) is 14.5 Å². The van der Waals surface area contributed by atoms with Crippen LogP contribution in [0.5, 0.6) is 0 Å². The number of halogens is 2. The third-order valence-corrected chi connectivity index (χ3v) is 6.38. The maximum Gasteiger partial charge on any atom is 0.337 e. The predicted octanol–water partition coefficient (Wildman–Crippen LogP) is 5.92. The molecule has 184 valence electrons. The summed E-state index contributed by atoms with van der Waals surface area (Å²) in [5, 5.41) is 21.7. The summed E-state index contributed by atoms with van der Waals surface area (Å²) < 4.78 is 33.6. The van der Waals surface area contributed by atoms with Gasteiger partial charge in [0.15, 0.2) is 0 Å². The lowest BCUT2D eigenvalue weighted by Crippen LogP contribution is -2.26. The van der Waals surface area contributed by atoms with Gasteiger partial charge < -0.3 is 15.2 Å². The lowest BCUT2D eigenvalue weighted by Gasteiger charge is -2.25. The molecule has 3 heterocycles. The van der Waals surface area contributed by atoms with Crippen molar-refractivity contribution in [1.82, 2.24) is 15.2 Å². The molecule has 9 heteroatoms. The first-order valence-corrected chi connectivity index (χ1v) is 11.5. The highest BCUT2D eigenvalue weighted by Crippen LogP contribution is 2.37. The average molecular weight is 491 g/mol. The number of ether oxygens (including phenoxy) is 1. The molecular formula is C27H24F2N4O3. The number of anilines is 1. The Morgan fingerprint density at radius 3 is 2.64 bits per heavy atom. The molecule has 0 saturated carbocycles. The van der Waals surface area contributed by atoms with Crippen LogP contribution in [-0.2, 0) is 4.74 Å². The Balaban J connectivity index is 1.63. The molecule has 2 aromatic carbocycles. The summed E-state index contributed by atoms with van der Waals surface area (Å²) in [5.41, 5.74) is 3.91. The van der Waals surface area contributed by atoms with Crippen LogP contribution in [-0.4, -0.2) is 39.5 Å². The van der Waals surface area contributed by atoms with Crippen molar-refractivity contribution in [2.75, 3.05) is 18.5 Å². The number of alkyl halides is 2. The molecule has 1 aliphatic heterocycles. The number of nitrogens with one attached hydrogen (secondary N) is 1. The molecule has 2 aromatic heterocycles. The van der Waals surface area contributed by atoms with E-state index in [0.717, 1.165) is 11.1 Å². The Morgan fingerprint density at radius 2 is 1.94 bits per heavy atom. The Labute approximate surface area is 206 Å². The van der Waals surface area contributed by atoms with Crippen LogP contribution in [0.2, 0.25) is 0 Å². The van der Waals surface area contributed by atoms with E-state index in [-0.39, 0.29) is 28.8 Å². The Morgan fingerprint density at radius 1 is 1.17 bits per heavy atom.